The molecule has 2 rings (SSSR count). The zero-order chi connectivity index (χ0) is 9.26. The highest BCUT2D eigenvalue weighted by atomic mass is 16.5. The van der Waals surface area contributed by atoms with Crippen molar-refractivity contribution in [3.63, 3.8) is 0 Å². The Labute approximate surface area is 74.0 Å². The first-order chi connectivity index (χ1) is 6.33. The van der Waals surface area contributed by atoms with Crippen LogP contribution in [0.2, 0.25) is 0 Å². The van der Waals surface area contributed by atoms with Crippen molar-refractivity contribution in [1.82, 2.24) is 14.6 Å². The maximum atomic E-state index is 11.2. The number of carbonyl (C=O) groups excluding carboxylic acids is 1. The van der Waals surface area contributed by atoms with Crippen molar-refractivity contribution in [2.75, 3.05) is 7.11 Å². The van der Waals surface area contributed by atoms with Gasteiger partial charge in [-0.05, 0) is 12.1 Å². The van der Waals surface area contributed by atoms with Crippen LogP contribution >= 0.6 is 0 Å². The van der Waals surface area contributed by atoms with E-state index in [0.717, 1.165) is 0 Å². The summed E-state index contributed by atoms with van der Waals surface area (Å²) in [6.45, 7) is 0. The Morgan fingerprint density at radius 2 is 2.38 bits per heavy atom. The Bertz CT molecular complexity index is 449. The highest BCUT2D eigenvalue weighted by molar-refractivity contribution is 5.88. The smallest absolute Gasteiger partial charge is 0.355 e. The van der Waals surface area contributed by atoms with Crippen LogP contribution in [-0.2, 0) is 4.74 Å². The topological polar surface area (TPSA) is 56.5 Å². The van der Waals surface area contributed by atoms with Gasteiger partial charge in [0.05, 0.1) is 7.11 Å². The van der Waals surface area contributed by atoms with Crippen molar-refractivity contribution in [2.45, 2.75) is 0 Å². The fraction of sp³-hybridized carbons (Fsp3) is 0.125. The van der Waals surface area contributed by atoms with Crippen LogP contribution in [0, 0.1) is 0 Å². The van der Waals surface area contributed by atoms with E-state index in [1.807, 2.05) is 0 Å². The number of aromatic nitrogens is 3. The SMILES string of the molecule is COC(=O)c1cccc2nncn12. The molecule has 0 saturated carbocycles. The summed E-state index contributed by atoms with van der Waals surface area (Å²) >= 11 is 0. The zero-order valence-electron chi connectivity index (χ0n) is 6.97. The molecule has 0 aliphatic heterocycles. The molecule has 2 heterocycles. The monoisotopic (exact) mass is 177 g/mol. The van der Waals surface area contributed by atoms with Gasteiger partial charge >= 0.3 is 5.97 Å². The fourth-order valence-electron chi connectivity index (χ4n) is 1.12. The summed E-state index contributed by atoms with van der Waals surface area (Å²) in [5.74, 6) is -0.398. The predicted molar refractivity (Wildman–Crippen MR) is 44.3 cm³/mol. The number of nitrogens with zero attached hydrogens (tertiary/aromatic N) is 3. The van der Waals surface area contributed by atoms with E-state index < -0.39 is 5.97 Å². The van der Waals surface area contributed by atoms with Crippen LogP contribution in [0.5, 0.6) is 0 Å². The second-order valence-corrected chi connectivity index (χ2v) is 2.46. The van der Waals surface area contributed by atoms with E-state index in [1.165, 1.54) is 13.4 Å². The molecule has 0 aliphatic carbocycles. The Kier molecular flexibility index (Phi) is 1.70. The molecule has 0 aromatic carbocycles. The molecule has 0 radical (unpaired) electrons. The van der Waals surface area contributed by atoms with Crippen LogP contribution in [0.3, 0.4) is 0 Å². The molecule has 0 saturated heterocycles. The third-order valence-corrected chi connectivity index (χ3v) is 1.73. The van der Waals surface area contributed by atoms with Gasteiger partial charge in [0.15, 0.2) is 5.65 Å². The Morgan fingerprint density at radius 1 is 1.54 bits per heavy atom. The van der Waals surface area contributed by atoms with Gasteiger partial charge in [-0.15, -0.1) is 10.2 Å². The van der Waals surface area contributed by atoms with Gasteiger partial charge in [-0.25, -0.2) is 4.79 Å². The number of rotatable bonds is 1. The van der Waals surface area contributed by atoms with Gasteiger partial charge in [0.1, 0.15) is 12.0 Å². The first kappa shape index (κ1) is 7.72. The lowest BCUT2D eigenvalue weighted by molar-refractivity contribution is 0.0592. The molecule has 0 fully saturated rings. The zero-order valence-corrected chi connectivity index (χ0v) is 6.97. The van der Waals surface area contributed by atoms with E-state index in [4.69, 9.17) is 0 Å². The van der Waals surface area contributed by atoms with Crippen LogP contribution in [0.4, 0.5) is 0 Å². The second-order valence-electron chi connectivity index (χ2n) is 2.46. The first-order valence-electron chi connectivity index (χ1n) is 3.70. The van der Waals surface area contributed by atoms with Crippen molar-refractivity contribution < 1.29 is 9.53 Å². The Morgan fingerprint density at radius 3 is 3.15 bits per heavy atom. The molecule has 0 amide bonds. The molecular weight excluding hydrogens is 170 g/mol. The molecule has 2 aromatic heterocycles. The van der Waals surface area contributed by atoms with Crippen LogP contribution in [-0.4, -0.2) is 27.7 Å². The average molecular weight is 177 g/mol. The van der Waals surface area contributed by atoms with Gasteiger partial charge in [0, 0.05) is 0 Å². The number of esters is 1. The maximum Gasteiger partial charge on any atom is 0.355 e. The minimum Gasteiger partial charge on any atom is -0.464 e. The van der Waals surface area contributed by atoms with Crippen LogP contribution in [0.15, 0.2) is 24.5 Å². The molecule has 5 nitrogen and oxygen atoms in total. The Hall–Kier alpha value is -1.91. The van der Waals surface area contributed by atoms with Gasteiger partial charge < -0.3 is 4.74 Å². The quantitative estimate of drug-likeness (QED) is 0.596. The third-order valence-electron chi connectivity index (χ3n) is 1.73. The van der Waals surface area contributed by atoms with Crippen molar-refractivity contribution >= 4 is 11.6 Å². The number of hydrogen-bond donors (Lipinski definition) is 0. The molecule has 2 aromatic rings. The summed E-state index contributed by atoms with van der Waals surface area (Å²) in [4.78, 5) is 11.2. The standard InChI is InChI=1S/C8H7N3O2/c1-13-8(12)6-3-2-4-7-10-9-5-11(6)7/h2-5H,1H3. The molecule has 5 heteroatoms. The number of carbonyl (C=O) groups is 1. The summed E-state index contributed by atoms with van der Waals surface area (Å²) in [5.41, 5.74) is 1.05. The molecule has 0 atom stereocenters. The minimum atomic E-state index is -0.398. The highest BCUT2D eigenvalue weighted by Crippen LogP contribution is 2.05. The number of hydrogen-bond acceptors (Lipinski definition) is 4. The summed E-state index contributed by atoms with van der Waals surface area (Å²) in [6, 6.07) is 5.15. The van der Waals surface area contributed by atoms with Gasteiger partial charge in [-0.2, -0.15) is 0 Å². The van der Waals surface area contributed by atoms with Crippen molar-refractivity contribution in [3.8, 4) is 0 Å². The van der Waals surface area contributed by atoms with E-state index >= 15 is 0 Å². The fourth-order valence-corrected chi connectivity index (χ4v) is 1.12. The van der Waals surface area contributed by atoms with E-state index in [1.54, 1.807) is 22.6 Å². The molecule has 0 unspecified atom stereocenters. The molecule has 66 valence electrons. The second kappa shape index (κ2) is 2.85. The number of fused-ring (bicyclic) bond motifs is 1. The predicted octanol–water partition coefficient (Wildman–Crippen LogP) is 0.516. The van der Waals surface area contributed by atoms with Gasteiger partial charge in [0.2, 0.25) is 0 Å². The van der Waals surface area contributed by atoms with Gasteiger partial charge in [-0.1, -0.05) is 6.07 Å². The molecule has 13 heavy (non-hydrogen) atoms. The third kappa shape index (κ3) is 1.14. The number of ether oxygens (including phenoxy) is 1. The average Bonchev–Trinajstić information content (AvgIpc) is 2.63. The lowest BCUT2D eigenvalue weighted by Gasteiger charge is -2.00. The molecule has 0 aliphatic rings. The summed E-state index contributed by atoms with van der Waals surface area (Å²) in [5, 5.41) is 7.49. The summed E-state index contributed by atoms with van der Waals surface area (Å²) in [7, 11) is 1.34. The Balaban J connectivity index is 2.67. The molecule has 0 N–H and O–H groups in total. The van der Waals surface area contributed by atoms with Crippen molar-refractivity contribution in [2.24, 2.45) is 0 Å². The maximum absolute atomic E-state index is 11.2. The molecular formula is C8H7N3O2. The number of pyridine rings is 1. The normalized spacial score (nSPS) is 10.2. The minimum absolute atomic E-state index is 0.398. The molecule has 0 bridgehead atoms. The number of methoxy groups -OCH3 is 1. The lowest BCUT2D eigenvalue weighted by Crippen LogP contribution is -2.06. The van der Waals surface area contributed by atoms with E-state index in [-0.39, 0.29) is 0 Å². The van der Waals surface area contributed by atoms with Crippen molar-refractivity contribution in [1.29, 1.82) is 0 Å². The lowest BCUT2D eigenvalue weighted by atomic mass is 10.3. The highest BCUT2D eigenvalue weighted by Gasteiger charge is 2.09. The van der Waals surface area contributed by atoms with E-state index in [9.17, 15) is 4.79 Å². The van der Waals surface area contributed by atoms with Crippen LogP contribution in [0.25, 0.3) is 5.65 Å². The van der Waals surface area contributed by atoms with E-state index in [2.05, 4.69) is 14.9 Å². The summed E-state index contributed by atoms with van der Waals surface area (Å²) < 4.78 is 6.17. The molecule has 0 spiro atoms. The summed E-state index contributed by atoms with van der Waals surface area (Å²) in [6.07, 6.45) is 1.47. The van der Waals surface area contributed by atoms with Gasteiger partial charge in [-0.3, -0.25) is 4.40 Å². The van der Waals surface area contributed by atoms with Crippen LogP contribution in [0.1, 0.15) is 10.5 Å². The van der Waals surface area contributed by atoms with Crippen LogP contribution < -0.4 is 0 Å². The first-order valence-corrected chi connectivity index (χ1v) is 3.70. The van der Waals surface area contributed by atoms with E-state index in [0.29, 0.717) is 11.3 Å². The van der Waals surface area contributed by atoms with Crippen molar-refractivity contribution in [3.05, 3.63) is 30.2 Å². The van der Waals surface area contributed by atoms with Gasteiger partial charge in [0.25, 0.3) is 0 Å². The largest absolute Gasteiger partial charge is 0.464 e.